The molecule has 4 heterocycles. The monoisotopic (exact) mass is 475 g/mol. The highest BCUT2D eigenvalue weighted by molar-refractivity contribution is 5.70. The Morgan fingerprint density at radius 3 is 2.69 bits per heavy atom. The van der Waals surface area contributed by atoms with Crippen LogP contribution >= 0.6 is 0 Å². The van der Waals surface area contributed by atoms with E-state index >= 15 is 0 Å². The van der Waals surface area contributed by atoms with Gasteiger partial charge < -0.3 is 29.6 Å². The van der Waals surface area contributed by atoms with E-state index in [4.69, 9.17) is 18.9 Å². The Balaban J connectivity index is 1.47. The minimum atomic E-state index is -0.604. The van der Waals surface area contributed by atoms with Gasteiger partial charge in [0.15, 0.2) is 6.29 Å². The van der Waals surface area contributed by atoms with E-state index in [0.717, 1.165) is 16.8 Å². The zero-order valence-corrected chi connectivity index (χ0v) is 19.5. The molecule has 0 bridgehead atoms. The van der Waals surface area contributed by atoms with Crippen molar-refractivity contribution in [3.63, 3.8) is 0 Å². The molecular weight excluding hydrogens is 450 g/mol. The summed E-state index contributed by atoms with van der Waals surface area (Å²) in [5, 5.41) is 24.2. The Hall–Kier alpha value is -3.93. The standard InChI is InChI=1S/C24H25N7O4/c1-24(2)19-15(22(33-3)35-24)9-10-18(28-19)29-23-25-11-16(21-31-26-13-34-21)20(30-23)27-17(12-32)14-7-5-4-6-8-14/h4-11,13,17,22,32H,12H2,1-3H3,(H2,25,27,28,29,30)/t17-,22?/m1/s1. The van der Waals surface area contributed by atoms with E-state index in [-0.39, 0.29) is 12.5 Å². The van der Waals surface area contributed by atoms with Gasteiger partial charge in [-0.05, 0) is 31.5 Å². The van der Waals surface area contributed by atoms with E-state index in [1.165, 1.54) is 6.39 Å². The fraction of sp³-hybridized carbons (Fsp3) is 0.292. The van der Waals surface area contributed by atoms with Crippen molar-refractivity contribution in [2.75, 3.05) is 24.4 Å². The first kappa shape index (κ1) is 22.8. The SMILES string of the molecule is COC1OC(C)(C)c2nc(Nc3ncc(-c4nnco4)c(N[C@H](CO)c4ccccc4)n3)ccc21. The van der Waals surface area contributed by atoms with Crippen LogP contribution in [-0.4, -0.2) is 44.0 Å². The molecule has 0 fully saturated rings. The number of nitrogens with one attached hydrogen (secondary N) is 2. The Bertz CT molecular complexity index is 1300. The van der Waals surface area contributed by atoms with Gasteiger partial charge in [-0.1, -0.05) is 30.3 Å². The van der Waals surface area contributed by atoms with Crippen LogP contribution < -0.4 is 10.6 Å². The number of pyridine rings is 1. The molecule has 2 atom stereocenters. The fourth-order valence-electron chi connectivity index (χ4n) is 3.97. The number of fused-ring (bicyclic) bond motifs is 1. The minimum Gasteiger partial charge on any atom is -0.423 e. The van der Waals surface area contributed by atoms with E-state index in [2.05, 4.69) is 30.8 Å². The number of benzene rings is 1. The second kappa shape index (κ2) is 9.37. The topological polar surface area (TPSA) is 140 Å². The van der Waals surface area contributed by atoms with E-state index in [9.17, 15) is 5.11 Å². The molecule has 1 aliphatic rings. The lowest BCUT2D eigenvalue weighted by Crippen LogP contribution is -2.18. The van der Waals surface area contributed by atoms with Crippen LogP contribution in [0.4, 0.5) is 17.6 Å². The van der Waals surface area contributed by atoms with Crippen LogP contribution in [0.15, 0.2) is 59.5 Å². The van der Waals surface area contributed by atoms with Crippen molar-refractivity contribution in [2.45, 2.75) is 31.8 Å². The highest BCUT2D eigenvalue weighted by atomic mass is 16.7. The van der Waals surface area contributed by atoms with Crippen molar-refractivity contribution in [3.8, 4) is 11.5 Å². The molecule has 0 saturated heterocycles. The van der Waals surface area contributed by atoms with Gasteiger partial charge in [-0.25, -0.2) is 9.97 Å². The lowest BCUT2D eigenvalue weighted by molar-refractivity contribution is -0.175. The van der Waals surface area contributed by atoms with Gasteiger partial charge >= 0.3 is 0 Å². The van der Waals surface area contributed by atoms with Crippen molar-refractivity contribution >= 4 is 17.6 Å². The third-order valence-corrected chi connectivity index (χ3v) is 5.68. The second-order valence-electron chi connectivity index (χ2n) is 8.45. The average molecular weight is 476 g/mol. The van der Waals surface area contributed by atoms with Gasteiger partial charge in [0, 0.05) is 18.9 Å². The van der Waals surface area contributed by atoms with Crippen LogP contribution in [0, 0.1) is 0 Å². The first-order valence-corrected chi connectivity index (χ1v) is 11.0. The summed E-state index contributed by atoms with van der Waals surface area (Å²) in [5.74, 6) is 1.52. The second-order valence-corrected chi connectivity index (χ2v) is 8.45. The Morgan fingerprint density at radius 1 is 1.14 bits per heavy atom. The summed E-state index contributed by atoms with van der Waals surface area (Å²) in [6, 6.07) is 12.9. The Morgan fingerprint density at radius 2 is 1.97 bits per heavy atom. The van der Waals surface area contributed by atoms with Crippen molar-refractivity contribution in [1.82, 2.24) is 25.1 Å². The van der Waals surface area contributed by atoms with Crippen LogP contribution in [-0.2, 0) is 15.1 Å². The predicted molar refractivity (Wildman–Crippen MR) is 127 cm³/mol. The third-order valence-electron chi connectivity index (χ3n) is 5.68. The summed E-state index contributed by atoms with van der Waals surface area (Å²) < 4.78 is 16.7. The van der Waals surface area contributed by atoms with Crippen LogP contribution in [0.1, 0.15) is 43.0 Å². The molecule has 0 radical (unpaired) electrons. The molecule has 4 aromatic rings. The molecule has 0 spiro atoms. The quantitative estimate of drug-likeness (QED) is 0.343. The van der Waals surface area contributed by atoms with Crippen LogP contribution in [0.2, 0.25) is 0 Å². The molecule has 11 nitrogen and oxygen atoms in total. The maximum Gasteiger partial charge on any atom is 0.252 e. The van der Waals surface area contributed by atoms with Gasteiger partial charge in [-0.3, -0.25) is 0 Å². The predicted octanol–water partition coefficient (Wildman–Crippen LogP) is 3.72. The highest BCUT2D eigenvalue weighted by Gasteiger charge is 2.39. The van der Waals surface area contributed by atoms with Crippen molar-refractivity contribution in [1.29, 1.82) is 0 Å². The molecule has 1 aromatic carbocycles. The number of nitrogens with zero attached hydrogens (tertiary/aromatic N) is 5. The minimum absolute atomic E-state index is 0.151. The first-order valence-electron chi connectivity index (χ1n) is 11.0. The van der Waals surface area contributed by atoms with Crippen LogP contribution in [0.25, 0.3) is 11.5 Å². The summed E-state index contributed by atoms with van der Waals surface area (Å²) in [7, 11) is 1.60. The van der Waals surface area contributed by atoms with Gasteiger partial charge in [0.05, 0.1) is 23.9 Å². The van der Waals surface area contributed by atoms with Crippen LogP contribution in [0.5, 0.6) is 0 Å². The van der Waals surface area contributed by atoms with Crippen molar-refractivity contribution in [3.05, 3.63) is 71.9 Å². The molecule has 0 amide bonds. The molecule has 5 rings (SSSR count). The smallest absolute Gasteiger partial charge is 0.252 e. The fourth-order valence-corrected chi connectivity index (χ4v) is 3.97. The number of hydrogen-bond acceptors (Lipinski definition) is 11. The maximum absolute atomic E-state index is 10.0. The first-order chi connectivity index (χ1) is 17.0. The third kappa shape index (κ3) is 4.56. The number of methoxy groups -OCH3 is 1. The van der Waals surface area contributed by atoms with Crippen molar-refractivity contribution < 1.29 is 19.0 Å². The van der Waals surface area contributed by atoms with E-state index in [0.29, 0.717) is 23.1 Å². The molecule has 1 aliphatic heterocycles. The van der Waals surface area contributed by atoms with Gasteiger partial charge in [0.25, 0.3) is 5.89 Å². The number of aromatic nitrogens is 5. The van der Waals surface area contributed by atoms with E-state index in [1.54, 1.807) is 13.3 Å². The van der Waals surface area contributed by atoms with Gasteiger partial charge in [-0.15, -0.1) is 10.2 Å². The van der Waals surface area contributed by atoms with Crippen LogP contribution in [0.3, 0.4) is 0 Å². The molecule has 3 aromatic heterocycles. The van der Waals surface area contributed by atoms with Gasteiger partial charge in [0.1, 0.15) is 17.2 Å². The largest absolute Gasteiger partial charge is 0.423 e. The number of aliphatic hydroxyl groups is 1. The summed E-state index contributed by atoms with van der Waals surface area (Å²) in [4.78, 5) is 13.8. The lowest BCUT2D eigenvalue weighted by Gasteiger charge is -2.19. The molecule has 180 valence electrons. The van der Waals surface area contributed by atoms with E-state index in [1.807, 2.05) is 56.3 Å². The molecule has 35 heavy (non-hydrogen) atoms. The zero-order valence-electron chi connectivity index (χ0n) is 19.5. The number of rotatable bonds is 8. The summed E-state index contributed by atoms with van der Waals surface area (Å²) in [6.07, 6.45) is 2.35. The lowest BCUT2D eigenvalue weighted by atomic mass is 10.0. The number of hydrogen-bond donors (Lipinski definition) is 3. The maximum atomic E-state index is 10.0. The van der Waals surface area contributed by atoms with E-state index < -0.39 is 17.9 Å². The molecule has 0 aliphatic carbocycles. The molecular formula is C24H25N7O4. The molecule has 11 heteroatoms. The Kier molecular flexibility index (Phi) is 6.12. The summed E-state index contributed by atoms with van der Waals surface area (Å²) in [6.45, 7) is 3.73. The number of ether oxygens (including phenoxy) is 2. The highest BCUT2D eigenvalue weighted by Crippen LogP contribution is 2.42. The number of anilines is 3. The Labute approximate surface area is 201 Å². The molecule has 3 N–H and O–H groups in total. The molecule has 0 saturated carbocycles. The zero-order chi connectivity index (χ0) is 24.4. The summed E-state index contributed by atoms with van der Waals surface area (Å²) >= 11 is 0. The summed E-state index contributed by atoms with van der Waals surface area (Å²) in [5.41, 5.74) is 2.45. The van der Waals surface area contributed by atoms with Crippen molar-refractivity contribution in [2.24, 2.45) is 0 Å². The van der Waals surface area contributed by atoms with Gasteiger partial charge in [0.2, 0.25) is 12.3 Å². The van der Waals surface area contributed by atoms with Gasteiger partial charge in [-0.2, -0.15) is 4.98 Å². The number of aliphatic hydroxyl groups excluding tert-OH is 1. The average Bonchev–Trinajstić information content (AvgIpc) is 3.49. The normalized spacial score (nSPS) is 17.1. The molecule has 1 unspecified atom stereocenters.